The fourth-order valence-electron chi connectivity index (χ4n) is 2.67. The highest BCUT2D eigenvalue weighted by molar-refractivity contribution is 7.89. The van der Waals surface area contributed by atoms with Gasteiger partial charge in [-0.2, -0.15) is 13.5 Å². The van der Waals surface area contributed by atoms with Gasteiger partial charge in [0.1, 0.15) is 11.5 Å². The molecule has 3 aromatic carbocycles. The zero-order valence-electron chi connectivity index (χ0n) is 15.3. The average molecular weight is 384 g/mol. The van der Waals surface area contributed by atoms with E-state index in [1.807, 2.05) is 37.3 Å². The minimum atomic E-state index is -3.75. The van der Waals surface area contributed by atoms with Gasteiger partial charge in [0.15, 0.2) is 0 Å². The number of hydrazone groups is 1. The Labute approximate surface area is 158 Å². The van der Waals surface area contributed by atoms with Crippen molar-refractivity contribution in [3.8, 4) is 11.5 Å². The van der Waals surface area contributed by atoms with Crippen LogP contribution in [0.3, 0.4) is 0 Å². The number of rotatable bonds is 6. The minimum absolute atomic E-state index is 0.150. The number of nitrogens with zero attached hydrogens (tertiary/aromatic N) is 1. The van der Waals surface area contributed by atoms with Crippen LogP contribution in [0.1, 0.15) is 11.1 Å². The Bertz CT molecular complexity index is 1090. The lowest BCUT2D eigenvalue weighted by Crippen LogP contribution is -2.18. The molecule has 3 aromatic rings. The molecule has 0 saturated heterocycles. The lowest BCUT2D eigenvalue weighted by molar-refractivity contribution is 0.413. The topological polar surface area (TPSA) is 77.0 Å². The van der Waals surface area contributed by atoms with Gasteiger partial charge in [-0.15, -0.1) is 0 Å². The molecule has 140 valence electrons. The molecule has 0 atom stereocenters. The molecule has 27 heavy (non-hydrogen) atoms. The Balaban J connectivity index is 1.96. The summed E-state index contributed by atoms with van der Waals surface area (Å²) >= 11 is 0. The number of sulfonamides is 1. The maximum Gasteiger partial charge on any atom is 0.276 e. The fraction of sp³-hybridized carbons (Fsp3) is 0.150. The number of fused-ring (bicyclic) bond motifs is 1. The summed E-state index contributed by atoms with van der Waals surface area (Å²) in [5.74, 6) is 1.26. The van der Waals surface area contributed by atoms with Crippen molar-refractivity contribution in [2.24, 2.45) is 5.10 Å². The SMILES string of the molecule is COc1ccc2ccc(OC)c(/C=N\NS(=O)(=O)c3ccc(C)cc3)c2c1. The Kier molecular flexibility index (Phi) is 5.32. The van der Waals surface area contributed by atoms with Crippen molar-refractivity contribution in [2.45, 2.75) is 11.8 Å². The fourth-order valence-corrected chi connectivity index (χ4v) is 3.46. The van der Waals surface area contributed by atoms with Gasteiger partial charge in [-0.3, -0.25) is 0 Å². The highest BCUT2D eigenvalue weighted by Crippen LogP contribution is 2.29. The lowest BCUT2D eigenvalue weighted by atomic mass is 10.0. The van der Waals surface area contributed by atoms with Gasteiger partial charge in [0.25, 0.3) is 10.0 Å². The first-order chi connectivity index (χ1) is 12.9. The molecule has 3 rings (SSSR count). The zero-order valence-corrected chi connectivity index (χ0v) is 16.1. The Morgan fingerprint density at radius 1 is 0.963 bits per heavy atom. The van der Waals surface area contributed by atoms with Gasteiger partial charge < -0.3 is 9.47 Å². The van der Waals surface area contributed by atoms with E-state index in [4.69, 9.17) is 9.47 Å². The molecule has 0 heterocycles. The molecule has 0 amide bonds. The lowest BCUT2D eigenvalue weighted by Gasteiger charge is -2.10. The largest absolute Gasteiger partial charge is 0.497 e. The molecule has 7 heteroatoms. The number of hydrogen-bond acceptors (Lipinski definition) is 5. The van der Waals surface area contributed by atoms with Gasteiger partial charge in [-0.1, -0.05) is 29.8 Å². The molecule has 0 radical (unpaired) electrons. The van der Waals surface area contributed by atoms with Crippen LogP contribution in [0.4, 0.5) is 0 Å². The molecule has 0 saturated carbocycles. The van der Waals surface area contributed by atoms with Crippen LogP contribution >= 0.6 is 0 Å². The van der Waals surface area contributed by atoms with Gasteiger partial charge >= 0.3 is 0 Å². The molecule has 0 aliphatic heterocycles. The maximum atomic E-state index is 12.4. The minimum Gasteiger partial charge on any atom is -0.497 e. The number of ether oxygens (including phenoxy) is 2. The second-order valence-electron chi connectivity index (χ2n) is 5.93. The van der Waals surface area contributed by atoms with E-state index in [1.54, 1.807) is 26.4 Å². The quantitative estimate of drug-likeness (QED) is 0.521. The molecular formula is C20H20N2O4S. The van der Waals surface area contributed by atoms with Crippen LogP contribution in [0, 0.1) is 6.92 Å². The number of benzene rings is 3. The van der Waals surface area contributed by atoms with Crippen molar-refractivity contribution in [3.05, 3.63) is 65.7 Å². The predicted molar refractivity (Wildman–Crippen MR) is 106 cm³/mol. The maximum absolute atomic E-state index is 12.4. The highest BCUT2D eigenvalue weighted by atomic mass is 32.2. The molecule has 0 aromatic heterocycles. The summed E-state index contributed by atoms with van der Waals surface area (Å²) in [6.07, 6.45) is 1.44. The van der Waals surface area contributed by atoms with E-state index in [2.05, 4.69) is 9.93 Å². The second kappa shape index (κ2) is 7.67. The van der Waals surface area contributed by atoms with Gasteiger partial charge in [0, 0.05) is 5.56 Å². The van der Waals surface area contributed by atoms with E-state index in [1.165, 1.54) is 18.3 Å². The molecule has 0 aliphatic rings. The normalized spacial score (nSPS) is 11.7. The van der Waals surface area contributed by atoms with Crippen LogP contribution in [0.25, 0.3) is 10.8 Å². The van der Waals surface area contributed by atoms with Crippen LogP contribution in [0.2, 0.25) is 0 Å². The van der Waals surface area contributed by atoms with E-state index in [9.17, 15) is 8.42 Å². The number of aryl methyl sites for hydroxylation is 1. The Hall–Kier alpha value is -3.06. The van der Waals surface area contributed by atoms with Crippen LogP contribution in [-0.4, -0.2) is 28.9 Å². The third-order valence-corrected chi connectivity index (χ3v) is 5.39. The second-order valence-corrected chi connectivity index (χ2v) is 7.60. The van der Waals surface area contributed by atoms with Crippen LogP contribution in [0.5, 0.6) is 11.5 Å². The molecular weight excluding hydrogens is 364 g/mol. The van der Waals surface area contributed by atoms with E-state index >= 15 is 0 Å². The van der Waals surface area contributed by atoms with Crippen LogP contribution in [-0.2, 0) is 10.0 Å². The standard InChI is InChI=1S/C20H20N2O4S/c1-14-4-9-17(10-5-14)27(23,24)22-21-13-19-18-12-16(25-2)8-6-15(18)7-11-20(19)26-3/h4-13,22H,1-3H3/b21-13-. The smallest absolute Gasteiger partial charge is 0.276 e. The van der Waals surface area contributed by atoms with Gasteiger partial charge in [-0.05, 0) is 48.0 Å². The van der Waals surface area contributed by atoms with Crippen LogP contribution < -0.4 is 14.3 Å². The highest BCUT2D eigenvalue weighted by Gasteiger charge is 2.13. The van der Waals surface area contributed by atoms with Crippen molar-refractivity contribution >= 4 is 27.0 Å². The molecule has 0 aliphatic carbocycles. The van der Waals surface area contributed by atoms with Gasteiger partial charge in [0.2, 0.25) is 0 Å². The average Bonchev–Trinajstić information content (AvgIpc) is 2.67. The van der Waals surface area contributed by atoms with Gasteiger partial charge in [-0.25, -0.2) is 4.83 Å². The first kappa shape index (κ1) is 18.7. The van der Waals surface area contributed by atoms with E-state index in [0.29, 0.717) is 17.1 Å². The number of methoxy groups -OCH3 is 2. The third kappa shape index (κ3) is 4.03. The zero-order chi connectivity index (χ0) is 19.4. The molecule has 0 unspecified atom stereocenters. The molecule has 0 spiro atoms. The number of nitrogens with one attached hydrogen (secondary N) is 1. The third-order valence-electron chi connectivity index (χ3n) is 4.15. The summed E-state index contributed by atoms with van der Waals surface area (Å²) < 4.78 is 35.4. The summed E-state index contributed by atoms with van der Waals surface area (Å²) in [5.41, 5.74) is 1.63. The van der Waals surface area contributed by atoms with Crippen LogP contribution in [0.15, 0.2) is 64.6 Å². The first-order valence-electron chi connectivity index (χ1n) is 8.21. The molecule has 0 bridgehead atoms. The molecule has 0 fully saturated rings. The molecule has 1 N–H and O–H groups in total. The summed E-state index contributed by atoms with van der Waals surface area (Å²) in [5, 5.41) is 5.74. The number of hydrogen-bond donors (Lipinski definition) is 1. The monoisotopic (exact) mass is 384 g/mol. The van der Waals surface area contributed by atoms with E-state index in [-0.39, 0.29) is 4.90 Å². The van der Waals surface area contributed by atoms with Gasteiger partial charge in [0.05, 0.1) is 25.3 Å². The summed E-state index contributed by atoms with van der Waals surface area (Å²) in [7, 11) is -0.607. The summed E-state index contributed by atoms with van der Waals surface area (Å²) in [6.45, 7) is 1.89. The summed E-state index contributed by atoms with van der Waals surface area (Å²) in [4.78, 5) is 2.39. The first-order valence-corrected chi connectivity index (χ1v) is 9.69. The summed E-state index contributed by atoms with van der Waals surface area (Å²) in [6, 6.07) is 15.9. The van der Waals surface area contributed by atoms with Crippen molar-refractivity contribution in [3.63, 3.8) is 0 Å². The van der Waals surface area contributed by atoms with Crippen molar-refractivity contribution in [2.75, 3.05) is 14.2 Å². The Morgan fingerprint density at radius 2 is 1.67 bits per heavy atom. The predicted octanol–water partition coefficient (Wildman–Crippen LogP) is 3.48. The van der Waals surface area contributed by atoms with E-state index in [0.717, 1.165) is 16.3 Å². The Morgan fingerprint density at radius 3 is 2.33 bits per heavy atom. The van der Waals surface area contributed by atoms with Crippen molar-refractivity contribution < 1.29 is 17.9 Å². The van der Waals surface area contributed by atoms with E-state index < -0.39 is 10.0 Å². The molecule has 6 nitrogen and oxygen atoms in total. The van der Waals surface area contributed by atoms with Crippen molar-refractivity contribution in [1.82, 2.24) is 4.83 Å². The van der Waals surface area contributed by atoms with Crippen molar-refractivity contribution in [1.29, 1.82) is 0 Å².